The summed E-state index contributed by atoms with van der Waals surface area (Å²) in [5, 5.41) is 5.45. The quantitative estimate of drug-likeness (QED) is 0.633. The van der Waals surface area contributed by atoms with Crippen molar-refractivity contribution in [1.82, 2.24) is 10.6 Å². The van der Waals surface area contributed by atoms with Gasteiger partial charge in [0.15, 0.2) is 0 Å². The van der Waals surface area contributed by atoms with Crippen LogP contribution in [0.1, 0.15) is 19.3 Å². The van der Waals surface area contributed by atoms with Gasteiger partial charge in [-0.2, -0.15) is 0 Å². The van der Waals surface area contributed by atoms with Crippen LogP contribution in [-0.4, -0.2) is 50.3 Å². The highest BCUT2D eigenvalue weighted by molar-refractivity contribution is 5.83. The number of hydrogen-bond donors (Lipinski definition) is 2. The van der Waals surface area contributed by atoms with Crippen molar-refractivity contribution in [3.05, 3.63) is 0 Å². The van der Waals surface area contributed by atoms with Crippen molar-refractivity contribution in [1.29, 1.82) is 0 Å². The average Bonchev–Trinajstić information content (AvgIpc) is 2.38. The van der Waals surface area contributed by atoms with Gasteiger partial charge in [-0.15, -0.1) is 0 Å². The smallest absolute Gasteiger partial charge is 0.325 e. The van der Waals surface area contributed by atoms with Gasteiger partial charge in [-0.05, 0) is 19.3 Å². The van der Waals surface area contributed by atoms with Gasteiger partial charge in [0.25, 0.3) is 0 Å². The summed E-state index contributed by atoms with van der Waals surface area (Å²) in [6.45, 7) is 1.52. The first-order chi connectivity index (χ1) is 8.25. The molecule has 2 N–H and O–H groups in total. The van der Waals surface area contributed by atoms with E-state index in [4.69, 9.17) is 9.47 Å². The Bertz CT molecular complexity index is 279. The highest BCUT2D eigenvalue weighted by atomic mass is 16.6. The van der Waals surface area contributed by atoms with Gasteiger partial charge < -0.3 is 14.8 Å². The number of amides is 1. The second-order valence-electron chi connectivity index (χ2n) is 4.36. The Kier molecular flexibility index (Phi) is 4.33. The van der Waals surface area contributed by atoms with E-state index in [1.165, 1.54) is 0 Å². The van der Waals surface area contributed by atoms with Crippen LogP contribution < -0.4 is 10.6 Å². The monoisotopic (exact) mass is 242 g/mol. The van der Waals surface area contributed by atoms with Crippen LogP contribution in [0.3, 0.4) is 0 Å². The standard InChI is InChI=1S/C11H18N2O4/c14-10-6-12-9(5-13-10)11(15)17-7-8-3-1-2-4-16-8/h8-9,12H,1-7H2,(H,13,14). The van der Waals surface area contributed by atoms with Crippen LogP contribution >= 0.6 is 0 Å². The summed E-state index contributed by atoms with van der Waals surface area (Å²) < 4.78 is 10.6. The lowest BCUT2D eigenvalue weighted by Gasteiger charge is -2.25. The topological polar surface area (TPSA) is 76.7 Å². The number of carbonyl (C=O) groups excluding carboxylic acids is 2. The summed E-state index contributed by atoms with van der Waals surface area (Å²) in [6.07, 6.45) is 3.19. The van der Waals surface area contributed by atoms with Gasteiger partial charge in [-0.3, -0.25) is 14.9 Å². The van der Waals surface area contributed by atoms with Crippen LogP contribution in [0.25, 0.3) is 0 Å². The number of ether oxygens (including phenoxy) is 2. The molecule has 2 rings (SSSR count). The van der Waals surface area contributed by atoms with Gasteiger partial charge in [0.05, 0.1) is 12.6 Å². The molecule has 6 heteroatoms. The first kappa shape index (κ1) is 12.3. The van der Waals surface area contributed by atoms with E-state index in [-0.39, 0.29) is 24.5 Å². The predicted molar refractivity (Wildman–Crippen MR) is 59.4 cm³/mol. The highest BCUT2D eigenvalue weighted by Gasteiger charge is 2.26. The first-order valence-corrected chi connectivity index (χ1v) is 6.04. The molecule has 0 saturated carbocycles. The van der Waals surface area contributed by atoms with E-state index in [0.717, 1.165) is 25.9 Å². The van der Waals surface area contributed by atoms with Gasteiger partial charge in [-0.1, -0.05) is 0 Å². The van der Waals surface area contributed by atoms with E-state index < -0.39 is 6.04 Å². The lowest BCUT2D eigenvalue weighted by molar-refractivity contribution is -0.152. The van der Waals surface area contributed by atoms with Gasteiger partial charge in [-0.25, -0.2) is 0 Å². The molecule has 0 aliphatic carbocycles. The predicted octanol–water partition coefficient (Wildman–Crippen LogP) is -0.813. The molecule has 2 heterocycles. The fourth-order valence-corrected chi connectivity index (χ4v) is 1.95. The molecule has 0 aromatic rings. The molecule has 0 aromatic heterocycles. The molecule has 96 valence electrons. The molecule has 0 spiro atoms. The fraction of sp³-hybridized carbons (Fsp3) is 0.818. The van der Waals surface area contributed by atoms with Gasteiger partial charge in [0.2, 0.25) is 5.91 Å². The number of piperazine rings is 1. The van der Waals surface area contributed by atoms with Crippen LogP contribution in [0.4, 0.5) is 0 Å². The minimum atomic E-state index is -0.434. The molecular weight excluding hydrogens is 224 g/mol. The van der Waals surface area contributed by atoms with E-state index >= 15 is 0 Å². The summed E-state index contributed by atoms with van der Waals surface area (Å²) in [4.78, 5) is 22.5. The van der Waals surface area contributed by atoms with E-state index in [0.29, 0.717) is 13.2 Å². The molecule has 0 radical (unpaired) electrons. The molecule has 0 bridgehead atoms. The normalized spacial score (nSPS) is 29.5. The molecule has 2 aliphatic rings. The van der Waals surface area contributed by atoms with Crippen LogP contribution in [0.15, 0.2) is 0 Å². The lowest BCUT2D eigenvalue weighted by Crippen LogP contribution is -2.55. The Morgan fingerprint density at radius 3 is 3.00 bits per heavy atom. The van der Waals surface area contributed by atoms with E-state index in [1.807, 2.05) is 0 Å². The molecular formula is C11H18N2O4. The summed E-state index contributed by atoms with van der Waals surface area (Å²) >= 11 is 0. The third kappa shape index (κ3) is 3.67. The second kappa shape index (κ2) is 5.97. The lowest BCUT2D eigenvalue weighted by atomic mass is 10.1. The largest absolute Gasteiger partial charge is 0.462 e. The Hall–Kier alpha value is -1.14. The number of nitrogens with one attached hydrogen (secondary N) is 2. The minimum Gasteiger partial charge on any atom is -0.462 e. The maximum Gasteiger partial charge on any atom is 0.325 e. The van der Waals surface area contributed by atoms with Crippen molar-refractivity contribution in [2.45, 2.75) is 31.4 Å². The zero-order chi connectivity index (χ0) is 12.1. The van der Waals surface area contributed by atoms with Crippen molar-refractivity contribution >= 4 is 11.9 Å². The summed E-state index contributed by atoms with van der Waals surface area (Å²) in [5.41, 5.74) is 0. The molecule has 0 aromatic carbocycles. The van der Waals surface area contributed by atoms with Crippen LogP contribution in [0, 0.1) is 0 Å². The number of esters is 1. The Morgan fingerprint density at radius 1 is 1.47 bits per heavy atom. The highest BCUT2D eigenvalue weighted by Crippen LogP contribution is 2.12. The number of rotatable bonds is 3. The first-order valence-electron chi connectivity index (χ1n) is 6.04. The van der Waals surface area contributed by atoms with Crippen LogP contribution in [0.5, 0.6) is 0 Å². The molecule has 2 saturated heterocycles. The Morgan fingerprint density at radius 2 is 2.35 bits per heavy atom. The van der Waals surface area contributed by atoms with Gasteiger partial charge in [0.1, 0.15) is 12.6 Å². The van der Waals surface area contributed by atoms with Crippen LogP contribution in [0.2, 0.25) is 0 Å². The van der Waals surface area contributed by atoms with E-state index in [1.54, 1.807) is 0 Å². The maximum absolute atomic E-state index is 11.7. The molecule has 1 amide bonds. The fourth-order valence-electron chi connectivity index (χ4n) is 1.95. The molecule has 2 atom stereocenters. The van der Waals surface area contributed by atoms with Crippen molar-refractivity contribution in [3.63, 3.8) is 0 Å². The molecule has 2 unspecified atom stereocenters. The summed E-state index contributed by atoms with van der Waals surface area (Å²) in [5.74, 6) is -0.413. The van der Waals surface area contributed by atoms with Crippen molar-refractivity contribution in [2.24, 2.45) is 0 Å². The maximum atomic E-state index is 11.7. The molecule has 17 heavy (non-hydrogen) atoms. The molecule has 2 fully saturated rings. The number of carbonyl (C=O) groups is 2. The van der Waals surface area contributed by atoms with Crippen molar-refractivity contribution in [2.75, 3.05) is 26.3 Å². The molecule has 2 aliphatic heterocycles. The number of hydrogen-bond acceptors (Lipinski definition) is 5. The van der Waals surface area contributed by atoms with Crippen molar-refractivity contribution in [3.8, 4) is 0 Å². The van der Waals surface area contributed by atoms with Gasteiger partial charge in [0, 0.05) is 13.2 Å². The Balaban J connectivity index is 1.67. The minimum absolute atomic E-state index is 0.0332. The zero-order valence-electron chi connectivity index (χ0n) is 9.74. The second-order valence-corrected chi connectivity index (χ2v) is 4.36. The third-order valence-electron chi connectivity index (χ3n) is 2.98. The molecule has 6 nitrogen and oxygen atoms in total. The van der Waals surface area contributed by atoms with Crippen LogP contribution in [-0.2, 0) is 19.1 Å². The van der Waals surface area contributed by atoms with E-state index in [2.05, 4.69) is 10.6 Å². The zero-order valence-corrected chi connectivity index (χ0v) is 9.74. The third-order valence-corrected chi connectivity index (χ3v) is 2.98. The van der Waals surface area contributed by atoms with Gasteiger partial charge >= 0.3 is 5.97 Å². The average molecular weight is 242 g/mol. The summed E-state index contributed by atoms with van der Waals surface area (Å²) in [7, 11) is 0. The Labute approximate surface area is 100 Å². The van der Waals surface area contributed by atoms with Crippen molar-refractivity contribution < 1.29 is 19.1 Å². The SMILES string of the molecule is O=C1CNC(C(=O)OCC2CCCCO2)CN1. The van der Waals surface area contributed by atoms with E-state index in [9.17, 15) is 9.59 Å². The summed E-state index contributed by atoms with van der Waals surface area (Å²) in [6, 6.07) is -0.434.